The highest BCUT2D eigenvalue weighted by molar-refractivity contribution is 6.30. The van der Waals surface area contributed by atoms with Gasteiger partial charge >= 0.3 is 0 Å². The van der Waals surface area contributed by atoms with E-state index in [0.717, 1.165) is 0 Å². The topological polar surface area (TPSA) is 42.4 Å². The maximum atomic E-state index is 9.81. The lowest BCUT2D eigenvalue weighted by molar-refractivity contribution is -0.184. The van der Waals surface area contributed by atoms with Crippen molar-refractivity contribution in [1.82, 2.24) is 4.98 Å². The van der Waals surface area contributed by atoms with Gasteiger partial charge in [-0.3, -0.25) is 0 Å². The molecule has 1 aromatic heterocycles. The third-order valence-corrected chi connectivity index (χ3v) is 2.24. The molecule has 3 nitrogen and oxygen atoms in total. The zero-order chi connectivity index (χ0) is 8.60. The van der Waals surface area contributed by atoms with Crippen LogP contribution in [-0.4, -0.2) is 23.3 Å². The van der Waals surface area contributed by atoms with Crippen molar-refractivity contribution in [3.8, 4) is 0 Å². The van der Waals surface area contributed by atoms with E-state index in [1.54, 1.807) is 18.3 Å². The van der Waals surface area contributed by atoms with E-state index in [1.165, 1.54) is 0 Å². The Bertz CT molecular complexity index is 299. The van der Waals surface area contributed by atoms with Crippen LogP contribution in [0.5, 0.6) is 0 Å². The van der Waals surface area contributed by atoms with Gasteiger partial charge in [0.1, 0.15) is 10.8 Å². The number of hydrogen-bond acceptors (Lipinski definition) is 3. The smallest absolute Gasteiger partial charge is 0.139 e. The second kappa shape index (κ2) is 2.69. The van der Waals surface area contributed by atoms with Crippen molar-refractivity contribution in [3.05, 3.63) is 29.0 Å². The number of hydrogen-bond donors (Lipinski definition) is 1. The molecule has 1 fully saturated rings. The SMILES string of the molecule is OC1(c2cccnc2Cl)COC1. The molecule has 0 radical (unpaired) electrons. The van der Waals surface area contributed by atoms with Gasteiger partial charge in [0.25, 0.3) is 0 Å². The van der Waals surface area contributed by atoms with Crippen LogP contribution in [0.2, 0.25) is 5.15 Å². The van der Waals surface area contributed by atoms with E-state index in [1.807, 2.05) is 0 Å². The highest BCUT2D eigenvalue weighted by Crippen LogP contribution is 2.32. The lowest BCUT2D eigenvalue weighted by atomic mass is 9.94. The van der Waals surface area contributed by atoms with Gasteiger partial charge in [0.05, 0.1) is 13.2 Å². The zero-order valence-corrected chi connectivity index (χ0v) is 7.08. The molecular formula is C8H8ClNO2. The average molecular weight is 186 g/mol. The molecule has 0 aromatic carbocycles. The van der Waals surface area contributed by atoms with E-state index in [2.05, 4.69) is 4.98 Å². The summed E-state index contributed by atoms with van der Waals surface area (Å²) in [6, 6.07) is 3.51. The van der Waals surface area contributed by atoms with Gasteiger partial charge in [0, 0.05) is 11.8 Å². The van der Waals surface area contributed by atoms with Gasteiger partial charge in [-0.15, -0.1) is 0 Å². The van der Waals surface area contributed by atoms with E-state index >= 15 is 0 Å². The van der Waals surface area contributed by atoms with Crippen LogP contribution < -0.4 is 0 Å². The molecular weight excluding hydrogens is 178 g/mol. The molecule has 2 heterocycles. The molecule has 1 aliphatic rings. The fourth-order valence-corrected chi connectivity index (χ4v) is 1.48. The van der Waals surface area contributed by atoms with Crippen molar-refractivity contribution < 1.29 is 9.84 Å². The van der Waals surface area contributed by atoms with Crippen molar-refractivity contribution in [2.75, 3.05) is 13.2 Å². The Morgan fingerprint density at radius 3 is 2.83 bits per heavy atom. The predicted molar refractivity (Wildman–Crippen MR) is 44.0 cm³/mol. The monoisotopic (exact) mass is 185 g/mol. The Balaban J connectivity index is 2.39. The molecule has 4 heteroatoms. The summed E-state index contributed by atoms with van der Waals surface area (Å²) in [6.07, 6.45) is 1.59. The predicted octanol–water partition coefficient (Wildman–Crippen LogP) is 0.953. The van der Waals surface area contributed by atoms with Gasteiger partial charge in [-0.25, -0.2) is 4.98 Å². The molecule has 64 valence electrons. The second-order valence-corrected chi connectivity index (χ2v) is 3.22. The Morgan fingerprint density at radius 1 is 1.58 bits per heavy atom. The second-order valence-electron chi connectivity index (χ2n) is 2.87. The number of rotatable bonds is 1. The summed E-state index contributed by atoms with van der Waals surface area (Å²) >= 11 is 5.79. The van der Waals surface area contributed by atoms with E-state index in [4.69, 9.17) is 16.3 Å². The van der Waals surface area contributed by atoms with Crippen molar-refractivity contribution in [1.29, 1.82) is 0 Å². The number of aliphatic hydroxyl groups is 1. The maximum Gasteiger partial charge on any atom is 0.139 e. The molecule has 0 unspecified atom stereocenters. The van der Waals surface area contributed by atoms with Crippen molar-refractivity contribution in [2.24, 2.45) is 0 Å². The third-order valence-electron chi connectivity index (χ3n) is 1.94. The van der Waals surface area contributed by atoms with Crippen LogP contribution in [-0.2, 0) is 10.3 Å². The molecule has 0 spiro atoms. The molecule has 0 bridgehead atoms. The summed E-state index contributed by atoms with van der Waals surface area (Å²) in [5, 5.41) is 10.2. The normalized spacial score (nSPS) is 20.2. The molecule has 0 saturated carbocycles. The van der Waals surface area contributed by atoms with Gasteiger partial charge < -0.3 is 9.84 Å². The molecule has 2 rings (SSSR count). The maximum absolute atomic E-state index is 9.81. The third kappa shape index (κ3) is 1.10. The number of ether oxygens (including phenoxy) is 1. The lowest BCUT2D eigenvalue weighted by Gasteiger charge is -2.36. The first-order chi connectivity index (χ1) is 5.72. The van der Waals surface area contributed by atoms with E-state index in [9.17, 15) is 5.11 Å². The summed E-state index contributed by atoms with van der Waals surface area (Å²) < 4.78 is 4.91. The summed E-state index contributed by atoms with van der Waals surface area (Å²) in [7, 11) is 0. The Kier molecular flexibility index (Phi) is 1.79. The minimum Gasteiger partial charge on any atom is -0.380 e. The van der Waals surface area contributed by atoms with Crippen LogP contribution in [0.25, 0.3) is 0 Å². The molecule has 1 saturated heterocycles. The number of nitrogens with zero attached hydrogens (tertiary/aromatic N) is 1. The van der Waals surface area contributed by atoms with E-state index in [0.29, 0.717) is 23.9 Å². The molecule has 1 aliphatic heterocycles. The number of halogens is 1. The van der Waals surface area contributed by atoms with Crippen molar-refractivity contribution >= 4 is 11.6 Å². The van der Waals surface area contributed by atoms with Gasteiger partial charge in [-0.05, 0) is 6.07 Å². The first-order valence-corrected chi connectivity index (χ1v) is 4.01. The quantitative estimate of drug-likeness (QED) is 0.663. The highest BCUT2D eigenvalue weighted by Gasteiger charge is 2.39. The minimum atomic E-state index is -0.911. The van der Waals surface area contributed by atoms with Crippen LogP contribution in [0.15, 0.2) is 18.3 Å². The average Bonchev–Trinajstić information content (AvgIpc) is 2.01. The van der Waals surface area contributed by atoms with Crippen LogP contribution in [0, 0.1) is 0 Å². The molecule has 0 amide bonds. The molecule has 0 atom stereocenters. The van der Waals surface area contributed by atoms with Crippen LogP contribution in [0.4, 0.5) is 0 Å². The minimum absolute atomic E-state index is 0.304. The number of aromatic nitrogens is 1. The fraction of sp³-hybridized carbons (Fsp3) is 0.375. The van der Waals surface area contributed by atoms with Crippen molar-refractivity contribution in [2.45, 2.75) is 5.60 Å². The Labute approximate surface area is 75.0 Å². The van der Waals surface area contributed by atoms with Crippen LogP contribution in [0.1, 0.15) is 5.56 Å². The first-order valence-electron chi connectivity index (χ1n) is 3.63. The van der Waals surface area contributed by atoms with Crippen molar-refractivity contribution in [3.63, 3.8) is 0 Å². The van der Waals surface area contributed by atoms with E-state index < -0.39 is 5.60 Å². The van der Waals surface area contributed by atoms with Crippen LogP contribution >= 0.6 is 11.6 Å². The molecule has 12 heavy (non-hydrogen) atoms. The largest absolute Gasteiger partial charge is 0.380 e. The summed E-state index contributed by atoms with van der Waals surface area (Å²) in [4.78, 5) is 3.88. The Hall–Kier alpha value is -0.640. The summed E-state index contributed by atoms with van der Waals surface area (Å²) in [5.41, 5.74) is -0.261. The van der Waals surface area contributed by atoms with Gasteiger partial charge in [0.2, 0.25) is 0 Å². The Morgan fingerprint density at radius 2 is 2.33 bits per heavy atom. The summed E-state index contributed by atoms with van der Waals surface area (Å²) in [6.45, 7) is 0.608. The van der Waals surface area contributed by atoms with E-state index in [-0.39, 0.29) is 0 Å². The summed E-state index contributed by atoms with van der Waals surface area (Å²) in [5.74, 6) is 0. The highest BCUT2D eigenvalue weighted by atomic mass is 35.5. The van der Waals surface area contributed by atoms with Gasteiger partial charge in [-0.2, -0.15) is 0 Å². The van der Waals surface area contributed by atoms with Crippen LogP contribution in [0.3, 0.4) is 0 Å². The zero-order valence-electron chi connectivity index (χ0n) is 6.33. The number of pyridine rings is 1. The lowest BCUT2D eigenvalue weighted by Crippen LogP contribution is -2.46. The molecule has 1 aromatic rings. The fourth-order valence-electron chi connectivity index (χ4n) is 1.18. The first kappa shape index (κ1) is 7.98. The molecule has 1 N–H and O–H groups in total. The molecule has 0 aliphatic carbocycles. The van der Waals surface area contributed by atoms with Gasteiger partial charge in [-0.1, -0.05) is 17.7 Å². The van der Waals surface area contributed by atoms with Gasteiger partial charge in [0.15, 0.2) is 0 Å². The standard InChI is InChI=1S/C8H8ClNO2/c9-7-6(2-1-3-10-7)8(11)4-12-5-8/h1-3,11H,4-5H2.